The zero-order chi connectivity index (χ0) is 22.5. The first-order chi connectivity index (χ1) is 15.3. The number of hydrogen-bond donors (Lipinski definition) is 1. The number of amides is 2. The van der Waals surface area contributed by atoms with Crippen LogP contribution in [0.2, 0.25) is 0 Å². The first-order valence-electron chi connectivity index (χ1n) is 10.5. The van der Waals surface area contributed by atoms with E-state index < -0.39 is 5.79 Å². The number of para-hydroxylation sites is 1. The van der Waals surface area contributed by atoms with Gasteiger partial charge in [0.15, 0.2) is 5.79 Å². The fraction of sp³-hybridized carbons (Fsp3) is 0.280. The van der Waals surface area contributed by atoms with Gasteiger partial charge in [0.1, 0.15) is 0 Å². The molecule has 7 heteroatoms. The van der Waals surface area contributed by atoms with Crippen molar-refractivity contribution in [1.82, 2.24) is 9.88 Å². The van der Waals surface area contributed by atoms with Gasteiger partial charge in [-0.3, -0.25) is 14.9 Å². The number of nitrogens with one attached hydrogen (secondary N) is 1. The van der Waals surface area contributed by atoms with Crippen LogP contribution in [0, 0.1) is 0 Å². The number of rotatable bonds is 5. The highest BCUT2D eigenvalue weighted by molar-refractivity contribution is 7.99. The van der Waals surface area contributed by atoms with Crippen LogP contribution in [0.1, 0.15) is 25.0 Å². The minimum absolute atomic E-state index is 0.0143. The number of nitrogens with zero attached hydrogens (tertiary/aromatic N) is 1. The average Bonchev–Trinajstić information content (AvgIpc) is 3.39. The molecule has 0 aliphatic carbocycles. The summed E-state index contributed by atoms with van der Waals surface area (Å²) in [6.07, 6.45) is 1.93. The molecule has 0 radical (unpaired) electrons. The molecule has 1 aromatic heterocycles. The number of benzene rings is 2. The smallest absolute Gasteiger partial charge is 0.259 e. The fourth-order valence-electron chi connectivity index (χ4n) is 4.30. The Hall–Kier alpha value is -2.87. The van der Waals surface area contributed by atoms with E-state index in [0.717, 1.165) is 32.7 Å². The number of aromatic nitrogens is 1. The Morgan fingerprint density at radius 2 is 1.88 bits per heavy atom. The highest BCUT2D eigenvalue weighted by Gasteiger charge is 2.34. The Labute approximate surface area is 190 Å². The zero-order valence-corrected chi connectivity index (χ0v) is 19.0. The van der Waals surface area contributed by atoms with Gasteiger partial charge in [0.05, 0.1) is 23.9 Å². The third-order valence-electron chi connectivity index (χ3n) is 5.72. The largest absolute Gasteiger partial charge is 0.350 e. The van der Waals surface area contributed by atoms with Crippen molar-refractivity contribution in [1.29, 1.82) is 0 Å². The number of ether oxygens (including phenoxy) is 2. The second kappa shape index (κ2) is 7.92. The molecule has 164 valence electrons. The Kier molecular flexibility index (Phi) is 5.20. The maximum atomic E-state index is 12.8. The maximum Gasteiger partial charge on any atom is 0.259 e. The lowest BCUT2D eigenvalue weighted by atomic mass is 9.96. The molecule has 32 heavy (non-hydrogen) atoms. The highest BCUT2D eigenvalue weighted by Crippen LogP contribution is 2.37. The van der Waals surface area contributed by atoms with Gasteiger partial charge >= 0.3 is 0 Å². The van der Waals surface area contributed by atoms with Crippen molar-refractivity contribution in [3.8, 4) is 0 Å². The summed E-state index contributed by atoms with van der Waals surface area (Å²) in [6, 6.07) is 15.6. The van der Waals surface area contributed by atoms with Gasteiger partial charge in [0.25, 0.3) is 11.8 Å². The molecule has 3 aromatic rings. The summed E-state index contributed by atoms with van der Waals surface area (Å²) in [5.74, 6) is -0.534. The van der Waals surface area contributed by atoms with Crippen molar-refractivity contribution in [2.24, 2.45) is 7.05 Å². The summed E-state index contributed by atoms with van der Waals surface area (Å²) in [7, 11) is 1.94. The minimum Gasteiger partial charge on any atom is -0.350 e. The summed E-state index contributed by atoms with van der Waals surface area (Å²) in [4.78, 5) is 26.7. The van der Waals surface area contributed by atoms with Crippen LogP contribution < -0.4 is 5.32 Å². The number of aryl methyl sites for hydroxylation is 1. The first-order valence-corrected chi connectivity index (χ1v) is 11.5. The molecule has 2 aliphatic heterocycles. The van der Waals surface area contributed by atoms with Gasteiger partial charge in [0, 0.05) is 40.4 Å². The molecule has 3 heterocycles. The lowest BCUT2D eigenvalue weighted by molar-refractivity contribution is -0.135. The van der Waals surface area contributed by atoms with Gasteiger partial charge in [-0.1, -0.05) is 30.3 Å². The van der Waals surface area contributed by atoms with E-state index in [2.05, 4.69) is 5.32 Å². The molecule has 1 saturated heterocycles. The Bertz CT molecular complexity index is 1270. The zero-order valence-electron chi connectivity index (χ0n) is 18.2. The fourth-order valence-corrected chi connectivity index (χ4v) is 5.23. The van der Waals surface area contributed by atoms with Crippen molar-refractivity contribution in [2.75, 3.05) is 12.4 Å². The van der Waals surface area contributed by atoms with Crippen LogP contribution in [-0.4, -0.2) is 40.6 Å². The van der Waals surface area contributed by atoms with Crippen molar-refractivity contribution in [2.45, 2.75) is 30.6 Å². The van der Waals surface area contributed by atoms with Gasteiger partial charge in [0.2, 0.25) is 0 Å². The molecule has 2 aliphatic rings. The summed E-state index contributed by atoms with van der Waals surface area (Å²) < 4.78 is 13.5. The van der Waals surface area contributed by atoms with Crippen LogP contribution in [0.4, 0.5) is 0 Å². The molecule has 1 N–H and O–H groups in total. The molecule has 0 spiro atoms. The summed E-state index contributed by atoms with van der Waals surface area (Å²) in [6.45, 7) is 4.39. The highest BCUT2D eigenvalue weighted by atomic mass is 32.2. The second-order valence-electron chi connectivity index (χ2n) is 8.49. The summed E-state index contributed by atoms with van der Waals surface area (Å²) >= 11 is 1.65. The molecule has 2 aromatic carbocycles. The number of fused-ring (bicyclic) bond motifs is 1. The molecule has 1 unspecified atom stereocenters. The van der Waals surface area contributed by atoms with Gasteiger partial charge in [-0.2, -0.15) is 0 Å². The summed E-state index contributed by atoms with van der Waals surface area (Å²) in [5, 5.41) is 3.43. The van der Waals surface area contributed by atoms with E-state index in [-0.39, 0.29) is 17.9 Å². The van der Waals surface area contributed by atoms with Crippen molar-refractivity contribution in [3.05, 3.63) is 65.9 Å². The molecule has 6 nitrogen and oxygen atoms in total. The molecule has 2 amide bonds. The third-order valence-corrected chi connectivity index (χ3v) is 6.85. The molecule has 0 saturated carbocycles. The van der Waals surface area contributed by atoms with Crippen LogP contribution in [0.3, 0.4) is 0 Å². The molecule has 5 rings (SSSR count). The van der Waals surface area contributed by atoms with Gasteiger partial charge in [-0.05, 0) is 37.6 Å². The third kappa shape index (κ3) is 3.77. The lowest BCUT2D eigenvalue weighted by Gasteiger charge is -2.17. The Morgan fingerprint density at radius 1 is 1.09 bits per heavy atom. The van der Waals surface area contributed by atoms with E-state index >= 15 is 0 Å². The molecule has 1 atom stereocenters. The monoisotopic (exact) mass is 448 g/mol. The van der Waals surface area contributed by atoms with E-state index in [0.29, 0.717) is 17.8 Å². The topological polar surface area (TPSA) is 69.6 Å². The number of hydrogen-bond acceptors (Lipinski definition) is 5. The van der Waals surface area contributed by atoms with Gasteiger partial charge < -0.3 is 14.0 Å². The van der Waals surface area contributed by atoms with E-state index in [1.54, 1.807) is 11.8 Å². The predicted molar refractivity (Wildman–Crippen MR) is 125 cm³/mol. The normalized spacial score (nSPS) is 20.4. The predicted octanol–water partition coefficient (Wildman–Crippen LogP) is 3.99. The number of thioether (sulfide) groups is 1. The van der Waals surface area contributed by atoms with Gasteiger partial charge in [-0.15, -0.1) is 11.8 Å². The van der Waals surface area contributed by atoms with E-state index in [9.17, 15) is 9.59 Å². The SMILES string of the molecule is Cn1cc(C2=C(c3cccc(SCC4COC(C)(C)O4)c3)C(=O)NC2=O)c2ccccc21. The van der Waals surface area contributed by atoms with E-state index in [1.807, 2.05) is 80.2 Å². The lowest BCUT2D eigenvalue weighted by Crippen LogP contribution is -2.22. The second-order valence-corrected chi connectivity index (χ2v) is 9.59. The molecule has 0 bridgehead atoms. The summed E-state index contributed by atoms with van der Waals surface area (Å²) in [5.41, 5.74) is 3.33. The quantitative estimate of drug-likeness (QED) is 0.472. The number of carbonyl (C=O) groups is 2. The van der Waals surface area contributed by atoms with Crippen LogP contribution in [0.25, 0.3) is 22.0 Å². The molecular weight excluding hydrogens is 424 g/mol. The van der Waals surface area contributed by atoms with Gasteiger partial charge in [-0.25, -0.2) is 0 Å². The van der Waals surface area contributed by atoms with E-state index in [1.165, 1.54) is 0 Å². The van der Waals surface area contributed by atoms with Crippen molar-refractivity contribution < 1.29 is 19.1 Å². The number of carbonyl (C=O) groups excluding carboxylic acids is 2. The van der Waals surface area contributed by atoms with Crippen molar-refractivity contribution >= 4 is 45.6 Å². The first kappa shape index (κ1) is 21.0. The standard InChI is InChI=1S/C25H24N2O4S/c1-25(2)30-13-16(31-25)14-32-17-8-6-7-15(11-17)21-22(24(29)26-23(21)28)19-12-27(3)20-10-5-4-9-18(19)20/h4-12,16H,13-14H2,1-3H3,(H,26,28,29). The Balaban J connectivity index is 1.51. The van der Waals surface area contributed by atoms with Crippen LogP contribution in [0.15, 0.2) is 59.6 Å². The average molecular weight is 449 g/mol. The molecule has 1 fully saturated rings. The van der Waals surface area contributed by atoms with Crippen LogP contribution in [0.5, 0.6) is 0 Å². The van der Waals surface area contributed by atoms with Crippen LogP contribution in [-0.2, 0) is 26.1 Å². The number of imide groups is 1. The maximum absolute atomic E-state index is 12.8. The van der Waals surface area contributed by atoms with Crippen molar-refractivity contribution in [3.63, 3.8) is 0 Å². The van der Waals surface area contributed by atoms with E-state index in [4.69, 9.17) is 9.47 Å². The van der Waals surface area contributed by atoms with Crippen LogP contribution >= 0.6 is 11.8 Å². The molecular formula is C25H24N2O4S. The Morgan fingerprint density at radius 3 is 2.66 bits per heavy atom. The minimum atomic E-state index is -0.548.